The molecule has 0 aliphatic carbocycles. The molecule has 124 valence electrons. The van der Waals surface area contributed by atoms with Crippen molar-refractivity contribution in [2.24, 2.45) is 5.92 Å². The number of carbonyl (C=O) groups is 1. The van der Waals surface area contributed by atoms with Crippen molar-refractivity contribution in [3.63, 3.8) is 0 Å². The highest BCUT2D eigenvalue weighted by Gasteiger charge is 2.22. The van der Waals surface area contributed by atoms with E-state index in [1.807, 2.05) is 26.0 Å². The van der Waals surface area contributed by atoms with E-state index in [2.05, 4.69) is 15.5 Å². The molecule has 2 rings (SSSR count). The lowest BCUT2D eigenvalue weighted by Gasteiger charge is -2.19. The summed E-state index contributed by atoms with van der Waals surface area (Å²) in [6, 6.07) is 6.59. The molecule has 0 unspecified atom stereocenters. The lowest BCUT2D eigenvalue weighted by Crippen LogP contribution is -2.42. The van der Waals surface area contributed by atoms with Gasteiger partial charge in [-0.15, -0.1) is 0 Å². The van der Waals surface area contributed by atoms with Crippen LogP contribution in [0.5, 0.6) is 0 Å². The van der Waals surface area contributed by atoms with Crippen LogP contribution in [-0.2, 0) is 11.2 Å². The quantitative estimate of drug-likeness (QED) is 0.769. The standard InChI is InChI=1S/C16H20ClN3O3/c1-3-10(2)14(16(21)22)18-9-8-13-19-15(20-23-13)11-4-6-12(17)7-5-11/h4-7,10,14,18H,3,8-9H2,1-2H3,(H,21,22)/t10-,14-/m0/s1. The summed E-state index contributed by atoms with van der Waals surface area (Å²) >= 11 is 5.84. The maximum absolute atomic E-state index is 11.2. The Morgan fingerprint density at radius 3 is 2.70 bits per heavy atom. The van der Waals surface area contributed by atoms with E-state index < -0.39 is 12.0 Å². The van der Waals surface area contributed by atoms with Crippen molar-refractivity contribution < 1.29 is 14.4 Å². The van der Waals surface area contributed by atoms with E-state index in [0.29, 0.717) is 29.7 Å². The number of aromatic nitrogens is 2. The highest BCUT2D eigenvalue weighted by atomic mass is 35.5. The molecule has 2 aromatic rings. The maximum atomic E-state index is 11.2. The van der Waals surface area contributed by atoms with Crippen LogP contribution in [0.15, 0.2) is 28.8 Å². The third-order valence-corrected chi connectivity index (χ3v) is 4.00. The van der Waals surface area contributed by atoms with Gasteiger partial charge in [0, 0.05) is 23.6 Å². The first-order valence-corrected chi connectivity index (χ1v) is 7.93. The Hall–Kier alpha value is -1.92. The van der Waals surface area contributed by atoms with E-state index in [1.54, 1.807) is 12.1 Å². The molecule has 0 bridgehead atoms. The van der Waals surface area contributed by atoms with Crippen LogP contribution in [0, 0.1) is 5.92 Å². The predicted octanol–water partition coefficient (Wildman–Crippen LogP) is 3.02. The van der Waals surface area contributed by atoms with Crippen molar-refractivity contribution >= 4 is 17.6 Å². The van der Waals surface area contributed by atoms with Crippen LogP contribution in [-0.4, -0.2) is 33.8 Å². The molecule has 23 heavy (non-hydrogen) atoms. The van der Waals surface area contributed by atoms with Crippen LogP contribution < -0.4 is 5.32 Å². The van der Waals surface area contributed by atoms with Crippen LogP contribution in [0.1, 0.15) is 26.2 Å². The number of nitrogens with one attached hydrogen (secondary N) is 1. The monoisotopic (exact) mass is 337 g/mol. The third-order valence-electron chi connectivity index (χ3n) is 3.75. The molecule has 0 spiro atoms. The van der Waals surface area contributed by atoms with Gasteiger partial charge in [0.2, 0.25) is 11.7 Å². The fourth-order valence-electron chi connectivity index (χ4n) is 2.17. The highest BCUT2D eigenvalue weighted by molar-refractivity contribution is 6.30. The molecule has 7 heteroatoms. The van der Waals surface area contributed by atoms with Crippen LogP contribution >= 0.6 is 11.6 Å². The van der Waals surface area contributed by atoms with Crippen molar-refractivity contribution in [3.05, 3.63) is 35.2 Å². The molecule has 2 atom stereocenters. The Labute approximate surface area is 139 Å². The van der Waals surface area contributed by atoms with Crippen molar-refractivity contribution in [3.8, 4) is 11.4 Å². The molecule has 1 aromatic heterocycles. The van der Waals surface area contributed by atoms with Gasteiger partial charge in [-0.1, -0.05) is 37.0 Å². The number of carboxylic acids is 1. The zero-order valence-corrected chi connectivity index (χ0v) is 13.9. The number of rotatable bonds is 8. The maximum Gasteiger partial charge on any atom is 0.320 e. The highest BCUT2D eigenvalue weighted by Crippen LogP contribution is 2.18. The third kappa shape index (κ3) is 4.77. The van der Waals surface area contributed by atoms with Crippen molar-refractivity contribution in [2.45, 2.75) is 32.7 Å². The number of benzene rings is 1. The van der Waals surface area contributed by atoms with Gasteiger partial charge in [-0.3, -0.25) is 4.79 Å². The summed E-state index contributed by atoms with van der Waals surface area (Å²) in [5, 5.41) is 16.8. The second kappa shape index (κ2) is 8.08. The number of aliphatic carboxylic acids is 1. The van der Waals surface area contributed by atoms with Crippen molar-refractivity contribution in [1.82, 2.24) is 15.5 Å². The molecular weight excluding hydrogens is 318 g/mol. The summed E-state index contributed by atoms with van der Waals surface area (Å²) in [6.45, 7) is 4.35. The van der Waals surface area contributed by atoms with E-state index in [-0.39, 0.29) is 5.92 Å². The molecule has 0 saturated heterocycles. The Balaban J connectivity index is 1.92. The van der Waals surface area contributed by atoms with Gasteiger partial charge in [0.1, 0.15) is 6.04 Å². The van der Waals surface area contributed by atoms with E-state index in [0.717, 1.165) is 12.0 Å². The average molecular weight is 338 g/mol. The number of halogens is 1. The Morgan fingerprint density at radius 2 is 2.09 bits per heavy atom. The molecule has 0 fully saturated rings. The van der Waals surface area contributed by atoms with E-state index in [1.165, 1.54) is 0 Å². The Kier molecular flexibility index (Phi) is 6.12. The zero-order valence-electron chi connectivity index (χ0n) is 13.1. The van der Waals surface area contributed by atoms with Gasteiger partial charge in [0.15, 0.2) is 0 Å². The second-order valence-electron chi connectivity index (χ2n) is 5.42. The van der Waals surface area contributed by atoms with Crippen molar-refractivity contribution in [1.29, 1.82) is 0 Å². The fourth-order valence-corrected chi connectivity index (χ4v) is 2.30. The SMILES string of the molecule is CC[C@H](C)[C@H](NCCc1nc(-c2ccc(Cl)cc2)no1)C(=O)O. The van der Waals surface area contributed by atoms with Crippen molar-refractivity contribution in [2.75, 3.05) is 6.54 Å². The normalized spacial score (nSPS) is 13.7. The first-order valence-electron chi connectivity index (χ1n) is 7.56. The summed E-state index contributed by atoms with van der Waals surface area (Å²) in [5.74, 6) is 0.177. The van der Waals surface area contributed by atoms with Gasteiger partial charge in [0.25, 0.3) is 0 Å². The van der Waals surface area contributed by atoms with Gasteiger partial charge >= 0.3 is 5.97 Å². The first-order chi connectivity index (χ1) is 11.0. The van der Waals surface area contributed by atoms with E-state index in [9.17, 15) is 9.90 Å². The van der Waals surface area contributed by atoms with Gasteiger partial charge in [-0.05, 0) is 30.2 Å². The molecule has 2 N–H and O–H groups in total. The van der Waals surface area contributed by atoms with Gasteiger partial charge in [-0.2, -0.15) is 4.98 Å². The largest absolute Gasteiger partial charge is 0.480 e. The summed E-state index contributed by atoms with van der Waals surface area (Å²) < 4.78 is 5.20. The number of hydrogen-bond donors (Lipinski definition) is 2. The molecule has 1 heterocycles. The number of nitrogens with zero attached hydrogens (tertiary/aromatic N) is 2. The molecule has 1 aromatic carbocycles. The summed E-state index contributed by atoms with van der Waals surface area (Å²) in [4.78, 5) is 15.5. The molecule has 0 aliphatic rings. The lowest BCUT2D eigenvalue weighted by atomic mass is 9.99. The van der Waals surface area contributed by atoms with Crippen LogP contribution in [0.2, 0.25) is 5.02 Å². The molecule has 0 aliphatic heterocycles. The van der Waals surface area contributed by atoms with E-state index >= 15 is 0 Å². The first kappa shape index (κ1) is 17.4. The van der Waals surface area contributed by atoms with Gasteiger partial charge < -0.3 is 14.9 Å². The molecule has 0 amide bonds. The van der Waals surface area contributed by atoms with Crippen LogP contribution in [0.4, 0.5) is 0 Å². The Morgan fingerprint density at radius 1 is 1.39 bits per heavy atom. The number of carboxylic acid groups (broad SMARTS) is 1. The summed E-state index contributed by atoms with van der Waals surface area (Å²) in [5.41, 5.74) is 0.820. The fraction of sp³-hybridized carbons (Fsp3) is 0.438. The summed E-state index contributed by atoms with van der Waals surface area (Å²) in [6.07, 6.45) is 1.27. The van der Waals surface area contributed by atoms with Gasteiger partial charge in [-0.25, -0.2) is 0 Å². The second-order valence-corrected chi connectivity index (χ2v) is 5.86. The predicted molar refractivity (Wildman–Crippen MR) is 87.3 cm³/mol. The minimum atomic E-state index is -0.841. The smallest absolute Gasteiger partial charge is 0.320 e. The molecule has 0 radical (unpaired) electrons. The minimum absolute atomic E-state index is 0.0554. The zero-order chi connectivity index (χ0) is 16.8. The molecule has 0 saturated carbocycles. The number of hydrogen-bond acceptors (Lipinski definition) is 5. The summed E-state index contributed by atoms with van der Waals surface area (Å²) in [7, 11) is 0. The topological polar surface area (TPSA) is 88.3 Å². The molecule has 6 nitrogen and oxygen atoms in total. The average Bonchev–Trinajstić information content (AvgIpc) is 3.00. The van der Waals surface area contributed by atoms with Gasteiger partial charge in [0.05, 0.1) is 0 Å². The lowest BCUT2D eigenvalue weighted by molar-refractivity contribution is -0.140. The van der Waals surface area contributed by atoms with Crippen LogP contribution in [0.25, 0.3) is 11.4 Å². The van der Waals surface area contributed by atoms with E-state index in [4.69, 9.17) is 16.1 Å². The minimum Gasteiger partial charge on any atom is -0.480 e. The Bertz CT molecular complexity index is 642. The molecular formula is C16H20ClN3O3. The van der Waals surface area contributed by atoms with Crippen LogP contribution in [0.3, 0.4) is 0 Å².